The van der Waals surface area contributed by atoms with Gasteiger partial charge < -0.3 is 14.4 Å². The van der Waals surface area contributed by atoms with E-state index < -0.39 is 6.36 Å². The lowest BCUT2D eigenvalue weighted by Crippen LogP contribution is -2.27. The summed E-state index contributed by atoms with van der Waals surface area (Å²) in [4.78, 5) is 6.47. The normalized spacial score (nSPS) is 13.1. The van der Waals surface area contributed by atoms with Gasteiger partial charge in [-0.05, 0) is 102 Å². The van der Waals surface area contributed by atoms with Gasteiger partial charge in [-0.1, -0.05) is 104 Å². The van der Waals surface area contributed by atoms with E-state index in [4.69, 9.17) is 16.3 Å². The SMILES string of the molecule is CCC/C(Cl)=C(/C)C=NC.CCCN(CCC)CCC(C)CC.CCCOCCC(C)CC.Cc1ccc(OC(F)(F)F)cc1. The van der Waals surface area contributed by atoms with E-state index in [1.165, 1.54) is 70.3 Å². The van der Waals surface area contributed by atoms with Crippen molar-refractivity contribution in [3.63, 3.8) is 0 Å². The van der Waals surface area contributed by atoms with Gasteiger partial charge in [0.05, 0.1) is 0 Å². The Morgan fingerprint density at radius 3 is 1.80 bits per heavy atom. The second-order valence-electron chi connectivity index (χ2n) is 11.6. The number of hydrogen-bond donors (Lipinski definition) is 0. The van der Waals surface area contributed by atoms with Crippen LogP contribution in [0.1, 0.15) is 126 Å². The number of aliphatic imine (C=N–C) groups is 1. The Labute approximate surface area is 281 Å². The van der Waals surface area contributed by atoms with Crippen LogP contribution in [0.25, 0.3) is 0 Å². The fourth-order valence-electron chi connectivity index (χ4n) is 3.73. The molecule has 0 amide bonds. The standard InChI is InChI=1S/C12H27N.C9H20O.C8H14ClN.C8H7F3O/c1-5-9-13(10-6-2)11-8-12(4)7-3;1-4-7-10-8-6-9(3)5-2;1-4-5-8(9)7(2)6-10-3;1-6-2-4-7(5-3-6)12-8(9,10)11/h12H,5-11H2,1-4H3;9H,4-8H2,1-3H3;6H,4-5H2,1-3H3;2-5H,1H3/b;;8-7+,10-6?;. The van der Waals surface area contributed by atoms with Crippen LogP contribution in [0.4, 0.5) is 13.2 Å². The molecule has 0 aromatic heterocycles. The van der Waals surface area contributed by atoms with Crippen LogP contribution in [0, 0.1) is 18.8 Å². The highest BCUT2D eigenvalue weighted by molar-refractivity contribution is 6.31. The number of nitrogens with zero attached hydrogens (tertiary/aromatic N) is 2. The zero-order chi connectivity index (χ0) is 35.1. The van der Waals surface area contributed by atoms with Gasteiger partial charge in [0.1, 0.15) is 5.75 Å². The summed E-state index contributed by atoms with van der Waals surface area (Å²) in [5, 5.41) is 0.924. The number of allylic oxidation sites excluding steroid dienone is 2. The van der Waals surface area contributed by atoms with Gasteiger partial charge in [0, 0.05) is 31.5 Å². The number of alkyl halides is 3. The lowest BCUT2D eigenvalue weighted by atomic mass is 10.1. The van der Waals surface area contributed by atoms with E-state index in [0.717, 1.165) is 60.5 Å². The molecule has 0 bridgehead atoms. The van der Waals surface area contributed by atoms with Crippen molar-refractivity contribution in [1.82, 2.24) is 4.90 Å². The smallest absolute Gasteiger partial charge is 0.406 e. The van der Waals surface area contributed by atoms with Crippen molar-refractivity contribution < 1.29 is 22.6 Å². The van der Waals surface area contributed by atoms with Crippen molar-refractivity contribution in [3.05, 3.63) is 40.4 Å². The van der Waals surface area contributed by atoms with E-state index in [2.05, 4.69) is 70.0 Å². The minimum atomic E-state index is -4.60. The zero-order valence-electron chi connectivity index (χ0n) is 30.7. The van der Waals surface area contributed by atoms with Crippen LogP contribution >= 0.6 is 11.6 Å². The van der Waals surface area contributed by atoms with E-state index in [0.29, 0.717) is 0 Å². The van der Waals surface area contributed by atoms with Crippen LogP contribution in [0.2, 0.25) is 0 Å². The molecule has 4 nitrogen and oxygen atoms in total. The maximum absolute atomic E-state index is 11.6. The molecule has 2 atom stereocenters. The first-order chi connectivity index (χ1) is 21.2. The minimum absolute atomic E-state index is 0.187. The molecule has 45 heavy (non-hydrogen) atoms. The fraction of sp³-hybridized carbons (Fsp3) is 0.757. The van der Waals surface area contributed by atoms with Crippen LogP contribution < -0.4 is 4.74 Å². The molecular formula is C37H68ClF3N2O2. The summed E-state index contributed by atoms with van der Waals surface area (Å²) in [6, 6.07) is 5.67. The minimum Gasteiger partial charge on any atom is -0.406 e. The van der Waals surface area contributed by atoms with Crippen LogP contribution in [0.5, 0.6) is 5.75 Å². The van der Waals surface area contributed by atoms with E-state index in [9.17, 15) is 13.2 Å². The second kappa shape index (κ2) is 32.4. The molecule has 0 aliphatic rings. The molecule has 1 aromatic carbocycles. The van der Waals surface area contributed by atoms with E-state index in [1.807, 2.05) is 6.92 Å². The number of rotatable bonds is 18. The highest BCUT2D eigenvalue weighted by Gasteiger charge is 2.30. The van der Waals surface area contributed by atoms with Gasteiger partial charge in [-0.3, -0.25) is 4.99 Å². The van der Waals surface area contributed by atoms with Crippen LogP contribution in [0.15, 0.2) is 39.9 Å². The topological polar surface area (TPSA) is 34.1 Å². The molecule has 8 heteroatoms. The highest BCUT2D eigenvalue weighted by Crippen LogP contribution is 2.22. The van der Waals surface area contributed by atoms with Crippen molar-refractivity contribution in [3.8, 4) is 5.75 Å². The lowest BCUT2D eigenvalue weighted by Gasteiger charge is -2.22. The van der Waals surface area contributed by atoms with E-state index >= 15 is 0 Å². The third kappa shape index (κ3) is 35.1. The molecule has 266 valence electrons. The summed E-state index contributed by atoms with van der Waals surface area (Å²) in [6.07, 6.45) is 8.15. The van der Waals surface area contributed by atoms with Gasteiger partial charge in [0.2, 0.25) is 0 Å². The molecule has 0 aliphatic heterocycles. The molecule has 0 saturated heterocycles. The first-order valence-corrected chi connectivity index (χ1v) is 17.5. The Balaban J connectivity index is -0.000000526. The predicted molar refractivity (Wildman–Crippen MR) is 192 cm³/mol. The van der Waals surface area contributed by atoms with Crippen LogP contribution in [-0.2, 0) is 4.74 Å². The Bertz CT molecular complexity index is 824. The fourth-order valence-corrected chi connectivity index (χ4v) is 3.97. The lowest BCUT2D eigenvalue weighted by molar-refractivity contribution is -0.274. The van der Waals surface area contributed by atoms with Crippen molar-refractivity contribution in [2.45, 2.75) is 133 Å². The Morgan fingerprint density at radius 2 is 1.38 bits per heavy atom. The number of ether oxygens (including phenoxy) is 2. The zero-order valence-corrected chi connectivity index (χ0v) is 31.4. The summed E-state index contributed by atoms with van der Waals surface area (Å²) < 4.78 is 43.9. The molecule has 0 N–H and O–H groups in total. The number of halogens is 4. The summed E-state index contributed by atoms with van der Waals surface area (Å²) in [5.74, 6) is 1.54. The molecule has 0 saturated carbocycles. The molecular weight excluding hydrogens is 597 g/mol. The Hall–Kier alpha value is -1.57. The maximum Gasteiger partial charge on any atom is 0.573 e. The number of hydrogen-bond acceptors (Lipinski definition) is 4. The molecule has 0 heterocycles. The average Bonchev–Trinajstić information content (AvgIpc) is 2.99. The van der Waals surface area contributed by atoms with Gasteiger partial charge in [-0.25, -0.2) is 0 Å². The van der Waals surface area contributed by atoms with Crippen molar-refractivity contribution in [1.29, 1.82) is 0 Å². The first kappa shape index (κ1) is 47.8. The van der Waals surface area contributed by atoms with E-state index in [1.54, 1.807) is 32.3 Å². The Morgan fingerprint density at radius 1 is 0.844 bits per heavy atom. The quantitative estimate of drug-likeness (QED) is 0.116. The molecule has 1 aromatic rings. The first-order valence-electron chi connectivity index (χ1n) is 17.1. The van der Waals surface area contributed by atoms with Gasteiger partial charge >= 0.3 is 6.36 Å². The van der Waals surface area contributed by atoms with Gasteiger partial charge in [-0.2, -0.15) is 0 Å². The Kier molecular flexibility index (Phi) is 34.4. The highest BCUT2D eigenvalue weighted by atomic mass is 35.5. The summed E-state index contributed by atoms with van der Waals surface area (Å²) >= 11 is 5.90. The summed E-state index contributed by atoms with van der Waals surface area (Å²) in [7, 11) is 1.75. The third-order valence-electron chi connectivity index (χ3n) is 6.99. The number of aryl methyl sites for hydroxylation is 1. The largest absolute Gasteiger partial charge is 0.573 e. The van der Waals surface area contributed by atoms with Crippen LogP contribution in [0.3, 0.4) is 0 Å². The van der Waals surface area contributed by atoms with Crippen molar-refractivity contribution in [2.75, 3.05) is 39.9 Å². The van der Waals surface area contributed by atoms with Crippen LogP contribution in [-0.4, -0.2) is 57.4 Å². The third-order valence-corrected chi connectivity index (χ3v) is 7.48. The van der Waals surface area contributed by atoms with Gasteiger partial charge in [0.15, 0.2) is 0 Å². The van der Waals surface area contributed by atoms with Gasteiger partial charge in [-0.15, -0.1) is 13.2 Å². The molecule has 0 spiro atoms. The molecule has 0 radical (unpaired) electrons. The number of benzene rings is 1. The molecule has 1 rings (SSSR count). The second-order valence-corrected chi connectivity index (χ2v) is 12.1. The van der Waals surface area contributed by atoms with Crippen molar-refractivity contribution >= 4 is 17.8 Å². The monoisotopic (exact) mass is 664 g/mol. The van der Waals surface area contributed by atoms with E-state index in [-0.39, 0.29) is 5.75 Å². The predicted octanol–water partition coefficient (Wildman–Crippen LogP) is 12.3. The average molecular weight is 665 g/mol. The maximum atomic E-state index is 11.6. The summed E-state index contributed by atoms with van der Waals surface area (Å²) in [5.41, 5.74) is 1.97. The molecule has 2 unspecified atom stereocenters. The molecule has 0 aliphatic carbocycles. The van der Waals surface area contributed by atoms with Crippen molar-refractivity contribution in [2.24, 2.45) is 16.8 Å². The summed E-state index contributed by atoms with van der Waals surface area (Å²) in [6.45, 7) is 27.4. The molecule has 0 fully saturated rings. The van der Waals surface area contributed by atoms with Gasteiger partial charge in [0.25, 0.3) is 0 Å².